The first kappa shape index (κ1) is 23.9. The van der Waals surface area contributed by atoms with Gasteiger partial charge in [0.05, 0.1) is 18.0 Å². The number of carbonyl (C=O) groups is 1. The summed E-state index contributed by atoms with van der Waals surface area (Å²) in [5.74, 6) is 3.04. The summed E-state index contributed by atoms with van der Waals surface area (Å²) in [4.78, 5) is 14.3. The predicted molar refractivity (Wildman–Crippen MR) is 125 cm³/mol. The first-order chi connectivity index (χ1) is 14.6. The molecule has 2 fully saturated rings. The van der Waals surface area contributed by atoms with E-state index in [2.05, 4.69) is 19.1 Å². The van der Waals surface area contributed by atoms with Gasteiger partial charge in [-0.05, 0) is 62.5 Å². The van der Waals surface area contributed by atoms with Gasteiger partial charge >= 0.3 is 0 Å². The monoisotopic (exact) mass is 435 g/mol. The van der Waals surface area contributed by atoms with E-state index in [1.165, 1.54) is 18.4 Å². The Kier molecular flexibility index (Phi) is 9.79. The fourth-order valence-corrected chi connectivity index (χ4v) is 6.25. The highest BCUT2D eigenvalue weighted by Gasteiger charge is 2.43. The van der Waals surface area contributed by atoms with Gasteiger partial charge in [0, 0.05) is 19.0 Å². The van der Waals surface area contributed by atoms with Crippen molar-refractivity contribution >= 4 is 17.7 Å². The van der Waals surface area contributed by atoms with Crippen molar-refractivity contribution in [3.05, 3.63) is 23.8 Å². The largest absolute Gasteiger partial charge is 0.392 e. The second-order valence-electron chi connectivity index (χ2n) is 9.43. The fourth-order valence-electron chi connectivity index (χ4n) is 5.34. The molecule has 1 saturated carbocycles. The third-order valence-electron chi connectivity index (χ3n) is 7.11. The van der Waals surface area contributed by atoms with Crippen molar-refractivity contribution in [3.8, 4) is 0 Å². The maximum atomic E-state index is 12.3. The van der Waals surface area contributed by atoms with E-state index in [1.807, 2.05) is 11.0 Å². The molecule has 2 N–H and O–H groups in total. The number of nitrogens with zero attached hydrogens (tertiary/aromatic N) is 1. The van der Waals surface area contributed by atoms with E-state index in [0.29, 0.717) is 23.5 Å². The van der Waals surface area contributed by atoms with Crippen LogP contribution in [0.2, 0.25) is 0 Å². The van der Waals surface area contributed by atoms with Crippen LogP contribution in [0.15, 0.2) is 23.8 Å². The van der Waals surface area contributed by atoms with Crippen LogP contribution in [-0.2, 0) is 4.79 Å². The van der Waals surface area contributed by atoms with Crippen LogP contribution in [0.3, 0.4) is 0 Å². The molecule has 0 unspecified atom stereocenters. The van der Waals surface area contributed by atoms with Crippen LogP contribution in [0.25, 0.3) is 0 Å². The van der Waals surface area contributed by atoms with Crippen molar-refractivity contribution in [1.82, 2.24) is 4.90 Å². The molecule has 0 aromatic heterocycles. The SMILES string of the molecule is CCCCC[C@H](O)C=C[C@@H]1[C@H]2CC(CCSCC(=O)N3CCCCC3)=C[C@H]2C[C@H]1O. The standard InChI is InChI=1S/C25H41NO3S/c1-2-3-5-8-21(27)9-10-22-23-16-19(15-20(23)17-24(22)28)11-14-30-18-25(29)26-12-6-4-7-13-26/h9-10,15,20-24,27-28H,2-8,11-14,16-18H2,1H3/t20-,21-,22+,23-,24+/m0/s1. The highest BCUT2D eigenvalue weighted by atomic mass is 32.2. The summed E-state index contributed by atoms with van der Waals surface area (Å²) < 4.78 is 0. The Morgan fingerprint density at radius 1 is 1.30 bits per heavy atom. The zero-order valence-electron chi connectivity index (χ0n) is 18.7. The Labute approximate surface area is 187 Å². The molecule has 5 atom stereocenters. The van der Waals surface area contributed by atoms with Gasteiger partial charge < -0.3 is 15.1 Å². The molecule has 5 heteroatoms. The third-order valence-corrected chi connectivity index (χ3v) is 8.05. The number of unbranched alkanes of at least 4 members (excludes halogenated alkanes) is 2. The van der Waals surface area contributed by atoms with E-state index in [1.54, 1.807) is 11.8 Å². The first-order valence-electron chi connectivity index (χ1n) is 12.2. The molecule has 0 spiro atoms. The quantitative estimate of drug-likeness (QED) is 0.369. The molecule has 1 heterocycles. The van der Waals surface area contributed by atoms with E-state index >= 15 is 0 Å². The lowest BCUT2D eigenvalue weighted by Gasteiger charge is -2.26. The zero-order chi connectivity index (χ0) is 21.3. The molecule has 0 bridgehead atoms. The number of allylic oxidation sites excluding steroid dienone is 2. The Bertz CT molecular complexity index is 599. The number of hydrogen-bond donors (Lipinski definition) is 2. The average molecular weight is 436 g/mol. The molecule has 170 valence electrons. The van der Waals surface area contributed by atoms with Crippen LogP contribution >= 0.6 is 11.8 Å². The van der Waals surface area contributed by atoms with Gasteiger partial charge in [0.2, 0.25) is 5.91 Å². The van der Waals surface area contributed by atoms with Gasteiger partial charge in [-0.15, -0.1) is 0 Å². The third kappa shape index (κ3) is 6.86. The smallest absolute Gasteiger partial charge is 0.232 e. The Balaban J connectivity index is 1.37. The normalized spacial score (nSPS) is 30.0. The molecule has 30 heavy (non-hydrogen) atoms. The van der Waals surface area contributed by atoms with Crippen molar-refractivity contribution in [2.45, 2.75) is 83.3 Å². The second-order valence-corrected chi connectivity index (χ2v) is 10.5. The van der Waals surface area contributed by atoms with Gasteiger partial charge in [0.1, 0.15) is 0 Å². The minimum atomic E-state index is -0.384. The molecule has 1 saturated heterocycles. The second kappa shape index (κ2) is 12.3. The van der Waals surface area contributed by atoms with Gasteiger partial charge in [-0.1, -0.05) is 50.0 Å². The predicted octanol–water partition coefficient (Wildman–Crippen LogP) is 4.56. The van der Waals surface area contributed by atoms with Crippen molar-refractivity contribution in [2.24, 2.45) is 17.8 Å². The van der Waals surface area contributed by atoms with Crippen molar-refractivity contribution in [3.63, 3.8) is 0 Å². The van der Waals surface area contributed by atoms with Gasteiger partial charge in [-0.3, -0.25) is 4.79 Å². The molecule has 0 radical (unpaired) electrons. The number of aliphatic hydroxyl groups excluding tert-OH is 2. The fraction of sp³-hybridized carbons (Fsp3) is 0.800. The van der Waals surface area contributed by atoms with E-state index in [9.17, 15) is 15.0 Å². The zero-order valence-corrected chi connectivity index (χ0v) is 19.5. The minimum Gasteiger partial charge on any atom is -0.392 e. The van der Waals surface area contributed by atoms with E-state index in [-0.39, 0.29) is 18.1 Å². The summed E-state index contributed by atoms with van der Waals surface area (Å²) in [6, 6.07) is 0. The van der Waals surface area contributed by atoms with Crippen molar-refractivity contribution in [1.29, 1.82) is 0 Å². The van der Waals surface area contributed by atoms with Gasteiger partial charge in [-0.25, -0.2) is 0 Å². The number of amides is 1. The maximum absolute atomic E-state index is 12.3. The molecule has 0 aromatic carbocycles. The average Bonchev–Trinajstić information content (AvgIpc) is 3.26. The Morgan fingerprint density at radius 3 is 2.87 bits per heavy atom. The number of carbonyl (C=O) groups excluding carboxylic acids is 1. The van der Waals surface area contributed by atoms with Crippen LogP contribution in [0.4, 0.5) is 0 Å². The van der Waals surface area contributed by atoms with Gasteiger partial charge in [0.25, 0.3) is 0 Å². The van der Waals surface area contributed by atoms with E-state index in [4.69, 9.17) is 0 Å². The van der Waals surface area contributed by atoms with E-state index in [0.717, 1.165) is 70.2 Å². The molecule has 1 amide bonds. The molecule has 0 aromatic rings. The maximum Gasteiger partial charge on any atom is 0.232 e. The summed E-state index contributed by atoms with van der Waals surface area (Å²) >= 11 is 1.77. The number of likely N-dealkylation sites (tertiary alicyclic amines) is 1. The summed E-state index contributed by atoms with van der Waals surface area (Å²) in [7, 11) is 0. The molecule has 1 aliphatic heterocycles. The number of thioether (sulfide) groups is 1. The van der Waals surface area contributed by atoms with Crippen molar-refractivity contribution in [2.75, 3.05) is 24.6 Å². The van der Waals surface area contributed by atoms with Gasteiger partial charge in [0.15, 0.2) is 0 Å². The molecule has 3 aliphatic rings. The Hall–Kier alpha value is -0.780. The summed E-state index contributed by atoms with van der Waals surface area (Å²) in [6.45, 7) is 4.06. The minimum absolute atomic E-state index is 0.165. The number of piperidine rings is 1. The molecule has 2 aliphatic carbocycles. The molecular weight excluding hydrogens is 394 g/mol. The number of fused-ring (bicyclic) bond motifs is 1. The Morgan fingerprint density at radius 2 is 2.10 bits per heavy atom. The summed E-state index contributed by atoms with van der Waals surface area (Å²) in [5, 5.41) is 20.7. The van der Waals surface area contributed by atoms with Gasteiger partial charge in [-0.2, -0.15) is 11.8 Å². The van der Waals surface area contributed by atoms with Crippen LogP contribution < -0.4 is 0 Å². The van der Waals surface area contributed by atoms with Crippen molar-refractivity contribution < 1.29 is 15.0 Å². The number of aliphatic hydroxyl groups is 2. The number of hydrogen-bond acceptors (Lipinski definition) is 4. The molecule has 3 rings (SSSR count). The highest BCUT2D eigenvalue weighted by molar-refractivity contribution is 7.99. The summed E-state index contributed by atoms with van der Waals surface area (Å²) in [5.41, 5.74) is 1.50. The van der Waals surface area contributed by atoms with Crippen LogP contribution in [0.5, 0.6) is 0 Å². The topological polar surface area (TPSA) is 60.8 Å². The van der Waals surface area contributed by atoms with Crippen LogP contribution in [0.1, 0.15) is 71.1 Å². The molecular formula is C25H41NO3S. The lowest BCUT2D eigenvalue weighted by atomic mass is 9.88. The van der Waals surface area contributed by atoms with Crippen LogP contribution in [0, 0.1) is 17.8 Å². The van der Waals surface area contributed by atoms with E-state index < -0.39 is 0 Å². The number of rotatable bonds is 11. The lowest BCUT2D eigenvalue weighted by Crippen LogP contribution is -2.36. The molecule has 4 nitrogen and oxygen atoms in total. The first-order valence-corrected chi connectivity index (χ1v) is 13.3. The highest BCUT2D eigenvalue weighted by Crippen LogP contribution is 2.48. The van der Waals surface area contributed by atoms with Crippen LogP contribution in [-0.4, -0.2) is 57.8 Å². The summed E-state index contributed by atoms with van der Waals surface area (Å²) in [6.07, 6.45) is 16.5. The lowest BCUT2D eigenvalue weighted by molar-refractivity contribution is -0.129.